The summed E-state index contributed by atoms with van der Waals surface area (Å²) in [5.41, 5.74) is 2.28. The van der Waals surface area contributed by atoms with Gasteiger partial charge in [0, 0.05) is 41.9 Å². The molecule has 1 saturated heterocycles. The van der Waals surface area contributed by atoms with Gasteiger partial charge in [-0.1, -0.05) is 38.4 Å². The van der Waals surface area contributed by atoms with Crippen LogP contribution < -0.4 is 10.2 Å². The molecule has 20 heavy (non-hydrogen) atoms. The van der Waals surface area contributed by atoms with Crippen molar-refractivity contribution in [2.45, 2.75) is 45.9 Å². The summed E-state index contributed by atoms with van der Waals surface area (Å²) in [6, 6.07) is 6.45. The second kappa shape index (κ2) is 6.79. The Kier molecular flexibility index (Phi) is 5.30. The van der Waals surface area contributed by atoms with Crippen LogP contribution in [0.3, 0.4) is 0 Å². The zero-order chi connectivity index (χ0) is 14.7. The Morgan fingerprint density at radius 3 is 2.85 bits per heavy atom. The molecule has 1 aromatic carbocycles. The summed E-state index contributed by atoms with van der Waals surface area (Å²) >= 11 is 6.37. The third kappa shape index (κ3) is 3.66. The van der Waals surface area contributed by atoms with Crippen molar-refractivity contribution in [3.8, 4) is 0 Å². The van der Waals surface area contributed by atoms with Crippen LogP contribution in [0, 0.1) is 5.92 Å². The number of anilines is 1. The van der Waals surface area contributed by atoms with E-state index in [4.69, 9.17) is 11.6 Å². The van der Waals surface area contributed by atoms with Crippen LogP contribution in [0.1, 0.15) is 32.8 Å². The van der Waals surface area contributed by atoms with E-state index in [1.54, 1.807) is 0 Å². The van der Waals surface area contributed by atoms with Crippen LogP contribution in [-0.2, 0) is 6.54 Å². The molecule has 0 saturated carbocycles. The number of hydrogen-bond acceptors (Lipinski definition) is 3. The number of nitrogens with zero attached hydrogens (tertiary/aromatic N) is 1. The molecule has 2 rings (SSSR count). The van der Waals surface area contributed by atoms with Gasteiger partial charge in [-0.2, -0.15) is 0 Å². The Morgan fingerprint density at radius 2 is 2.20 bits per heavy atom. The number of aliphatic hydroxyl groups excluding tert-OH is 1. The van der Waals surface area contributed by atoms with Crippen molar-refractivity contribution in [3.05, 3.63) is 28.8 Å². The lowest BCUT2D eigenvalue weighted by Gasteiger charge is -2.37. The number of halogens is 1. The SMILES string of the molecule is CC(C)NCc1c(Cl)cccc1N1CCC(C)C(O)C1. The molecule has 2 atom stereocenters. The van der Waals surface area contributed by atoms with Crippen LogP contribution in [0.2, 0.25) is 5.02 Å². The van der Waals surface area contributed by atoms with Crippen molar-refractivity contribution in [1.82, 2.24) is 5.32 Å². The van der Waals surface area contributed by atoms with Gasteiger partial charge in [0.2, 0.25) is 0 Å². The van der Waals surface area contributed by atoms with Crippen molar-refractivity contribution in [3.63, 3.8) is 0 Å². The van der Waals surface area contributed by atoms with E-state index in [0.717, 1.165) is 35.8 Å². The van der Waals surface area contributed by atoms with Crippen LogP contribution in [0.4, 0.5) is 5.69 Å². The molecule has 1 aliphatic heterocycles. The van der Waals surface area contributed by atoms with Gasteiger partial charge in [0.15, 0.2) is 0 Å². The number of nitrogens with one attached hydrogen (secondary N) is 1. The number of rotatable bonds is 4. The van der Waals surface area contributed by atoms with Crippen molar-refractivity contribution < 1.29 is 5.11 Å². The largest absolute Gasteiger partial charge is 0.391 e. The lowest BCUT2D eigenvalue weighted by Crippen LogP contribution is -2.43. The van der Waals surface area contributed by atoms with E-state index >= 15 is 0 Å². The average molecular weight is 297 g/mol. The van der Waals surface area contributed by atoms with Crippen molar-refractivity contribution in [2.24, 2.45) is 5.92 Å². The summed E-state index contributed by atoms with van der Waals surface area (Å²) in [7, 11) is 0. The highest BCUT2D eigenvalue weighted by Gasteiger charge is 2.26. The van der Waals surface area contributed by atoms with Gasteiger partial charge in [-0.05, 0) is 24.5 Å². The van der Waals surface area contributed by atoms with Crippen LogP contribution >= 0.6 is 11.6 Å². The molecule has 0 radical (unpaired) electrons. The second-order valence-electron chi connectivity index (χ2n) is 6.05. The first-order valence-electron chi connectivity index (χ1n) is 7.42. The van der Waals surface area contributed by atoms with Gasteiger partial charge in [-0.25, -0.2) is 0 Å². The van der Waals surface area contributed by atoms with Gasteiger partial charge in [0.25, 0.3) is 0 Å². The lowest BCUT2D eigenvalue weighted by molar-refractivity contribution is 0.103. The summed E-state index contributed by atoms with van der Waals surface area (Å²) < 4.78 is 0. The van der Waals surface area contributed by atoms with Crippen LogP contribution in [0.15, 0.2) is 18.2 Å². The average Bonchev–Trinajstić information content (AvgIpc) is 2.40. The predicted molar refractivity (Wildman–Crippen MR) is 85.4 cm³/mol. The maximum atomic E-state index is 10.1. The standard InChI is InChI=1S/C16H25ClN2O/c1-11(2)18-9-13-14(17)5-4-6-15(13)19-8-7-12(3)16(20)10-19/h4-6,11-12,16,18,20H,7-10H2,1-3H3. The number of benzene rings is 1. The molecule has 1 fully saturated rings. The van der Waals surface area contributed by atoms with E-state index in [0.29, 0.717) is 18.5 Å². The summed E-state index contributed by atoms with van der Waals surface area (Å²) in [5, 5.41) is 14.3. The van der Waals surface area contributed by atoms with Gasteiger partial charge in [-0.3, -0.25) is 0 Å². The molecule has 0 amide bonds. The fourth-order valence-electron chi connectivity index (χ4n) is 2.59. The third-order valence-electron chi connectivity index (χ3n) is 4.04. The summed E-state index contributed by atoms with van der Waals surface area (Å²) in [6.07, 6.45) is 0.763. The van der Waals surface area contributed by atoms with Gasteiger partial charge in [0.05, 0.1) is 6.10 Å². The van der Waals surface area contributed by atoms with Crippen LogP contribution in [-0.4, -0.2) is 30.3 Å². The second-order valence-corrected chi connectivity index (χ2v) is 6.46. The highest BCUT2D eigenvalue weighted by Crippen LogP contribution is 2.30. The molecule has 3 nitrogen and oxygen atoms in total. The molecule has 0 aromatic heterocycles. The molecule has 0 aliphatic carbocycles. The fraction of sp³-hybridized carbons (Fsp3) is 0.625. The van der Waals surface area contributed by atoms with Gasteiger partial charge in [-0.15, -0.1) is 0 Å². The Bertz CT molecular complexity index is 450. The Labute approximate surface area is 126 Å². The molecule has 2 N–H and O–H groups in total. The highest BCUT2D eigenvalue weighted by atomic mass is 35.5. The van der Waals surface area contributed by atoms with Crippen molar-refractivity contribution >= 4 is 17.3 Å². The number of piperidine rings is 1. The quantitative estimate of drug-likeness (QED) is 0.896. The van der Waals surface area contributed by atoms with Crippen LogP contribution in [0.25, 0.3) is 0 Å². The van der Waals surface area contributed by atoms with Gasteiger partial charge >= 0.3 is 0 Å². The molecule has 1 aromatic rings. The maximum absolute atomic E-state index is 10.1. The lowest BCUT2D eigenvalue weighted by atomic mass is 9.95. The molecule has 1 aliphatic rings. The van der Waals surface area contributed by atoms with E-state index in [9.17, 15) is 5.11 Å². The minimum Gasteiger partial charge on any atom is -0.391 e. The summed E-state index contributed by atoms with van der Waals surface area (Å²) in [4.78, 5) is 2.26. The normalized spacial score (nSPS) is 23.4. The van der Waals surface area contributed by atoms with E-state index in [1.807, 2.05) is 12.1 Å². The van der Waals surface area contributed by atoms with Crippen LogP contribution in [0.5, 0.6) is 0 Å². The highest BCUT2D eigenvalue weighted by molar-refractivity contribution is 6.31. The molecular formula is C16H25ClN2O. The summed E-state index contributed by atoms with van der Waals surface area (Å²) in [5.74, 6) is 0.377. The molecule has 1 heterocycles. The molecule has 112 valence electrons. The van der Waals surface area contributed by atoms with Crippen molar-refractivity contribution in [1.29, 1.82) is 0 Å². The van der Waals surface area contributed by atoms with Gasteiger partial charge in [0.1, 0.15) is 0 Å². The Balaban J connectivity index is 2.20. The van der Waals surface area contributed by atoms with E-state index in [2.05, 4.69) is 37.1 Å². The number of hydrogen-bond donors (Lipinski definition) is 2. The smallest absolute Gasteiger partial charge is 0.0741 e. The molecule has 0 spiro atoms. The fourth-order valence-corrected chi connectivity index (χ4v) is 2.83. The topological polar surface area (TPSA) is 35.5 Å². The molecule has 2 unspecified atom stereocenters. The van der Waals surface area contributed by atoms with E-state index < -0.39 is 0 Å². The van der Waals surface area contributed by atoms with Gasteiger partial charge < -0.3 is 15.3 Å². The molecule has 4 heteroatoms. The zero-order valence-corrected chi connectivity index (χ0v) is 13.3. The Hall–Kier alpha value is -0.770. The third-order valence-corrected chi connectivity index (χ3v) is 4.39. The molecular weight excluding hydrogens is 272 g/mol. The number of aliphatic hydroxyl groups is 1. The monoisotopic (exact) mass is 296 g/mol. The minimum absolute atomic E-state index is 0.256. The first kappa shape index (κ1) is 15.6. The predicted octanol–water partition coefficient (Wildman–Crippen LogP) is 3.05. The van der Waals surface area contributed by atoms with E-state index in [-0.39, 0.29) is 6.10 Å². The first-order chi connectivity index (χ1) is 9.49. The maximum Gasteiger partial charge on any atom is 0.0741 e. The summed E-state index contributed by atoms with van der Waals surface area (Å²) in [6.45, 7) is 8.80. The number of β-amino-alcohol motifs (C(OH)–C–C–N with tert-alkyl or cyclic N) is 1. The van der Waals surface area contributed by atoms with Crippen molar-refractivity contribution in [2.75, 3.05) is 18.0 Å². The molecule has 0 bridgehead atoms. The first-order valence-corrected chi connectivity index (χ1v) is 7.80. The Morgan fingerprint density at radius 1 is 1.45 bits per heavy atom. The zero-order valence-electron chi connectivity index (χ0n) is 12.6. The minimum atomic E-state index is -0.256. The van der Waals surface area contributed by atoms with E-state index in [1.165, 1.54) is 0 Å².